The Morgan fingerprint density at radius 2 is 1.76 bits per heavy atom. The lowest BCUT2D eigenvalue weighted by atomic mass is 9.88. The minimum absolute atomic E-state index is 0.00443. The zero-order valence-corrected chi connectivity index (χ0v) is 14.5. The van der Waals surface area contributed by atoms with Crippen molar-refractivity contribution in [2.24, 2.45) is 11.8 Å². The smallest absolute Gasteiger partial charge is 0.256 e. The predicted octanol–water partition coefficient (Wildman–Crippen LogP) is 3.04. The minimum Gasteiger partial charge on any atom is -0.326 e. The summed E-state index contributed by atoms with van der Waals surface area (Å²) >= 11 is 0. The van der Waals surface area contributed by atoms with Gasteiger partial charge in [0, 0.05) is 22.9 Å². The lowest BCUT2D eigenvalue weighted by Gasteiger charge is -2.31. The Kier molecular flexibility index (Phi) is 5.14. The van der Waals surface area contributed by atoms with Crippen LogP contribution >= 0.6 is 0 Å². The number of carbonyl (C=O) groups is 2. The third-order valence-electron chi connectivity index (χ3n) is 4.80. The van der Waals surface area contributed by atoms with E-state index in [1.165, 1.54) is 0 Å². The standard InChI is InChI=1S/C20H23N3O2/c1-13(15-11-21-12-15)19(24)23-18-10-6-9-17(14(18)2)20(25)22-16-7-4-3-5-8-16/h3-10,13,15,21H,11-12H2,1-2H3,(H,22,25)(H,23,24). The fraction of sp³-hybridized carbons (Fsp3) is 0.300. The van der Waals surface area contributed by atoms with Crippen molar-refractivity contribution in [2.75, 3.05) is 23.7 Å². The van der Waals surface area contributed by atoms with Crippen molar-refractivity contribution in [3.8, 4) is 0 Å². The Balaban J connectivity index is 1.73. The molecule has 130 valence electrons. The van der Waals surface area contributed by atoms with Crippen LogP contribution in [0.25, 0.3) is 0 Å². The summed E-state index contributed by atoms with van der Waals surface area (Å²) in [5.41, 5.74) is 2.75. The maximum Gasteiger partial charge on any atom is 0.256 e. The van der Waals surface area contributed by atoms with E-state index in [4.69, 9.17) is 0 Å². The molecule has 0 aromatic heterocycles. The molecule has 2 amide bonds. The molecule has 1 saturated heterocycles. The molecule has 1 aliphatic heterocycles. The second kappa shape index (κ2) is 7.49. The summed E-state index contributed by atoms with van der Waals surface area (Å²) in [4.78, 5) is 25.0. The summed E-state index contributed by atoms with van der Waals surface area (Å²) in [5.74, 6) is 0.138. The summed E-state index contributed by atoms with van der Waals surface area (Å²) in [5, 5.41) is 9.04. The second-order valence-corrected chi connectivity index (χ2v) is 6.49. The number of nitrogens with one attached hydrogen (secondary N) is 3. The van der Waals surface area contributed by atoms with Gasteiger partial charge in [0.2, 0.25) is 5.91 Å². The highest BCUT2D eigenvalue weighted by molar-refractivity contribution is 6.06. The lowest BCUT2D eigenvalue weighted by Crippen LogP contribution is -2.48. The molecular weight excluding hydrogens is 314 g/mol. The molecule has 1 aliphatic rings. The Bertz CT molecular complexity index is 770. The average molecular weight is 337 g/mol. The van der Waals surface area contributed by atoms with Crippen LogP contribution < -0.4 is 16.0 Å². The van der Waals surface area contributed by atoms with Crippen molar-refractivity contribution in [1.29, 1.82) is 0 Å². The first-order valence-corrected chi connectivity index (χ1v) is 8.54. The molecular formula is C20H23N3O2. The van der Waals surface area contributed by atoms with Crippen molar-refractivity contribution in [1.82, 2.24) is 5.32 Å². The molecule has 1 fully saturated rings. The van der Waals surface area contributed by atoms with Crippen LogP contribution in [0, 0.1) is 18.8 Å². The lowest BCUT2D eigenvalue weighted by molar-refractivity contribution is -0.121. The van der Waals surface area contributed by atoms with Gasteiger partial charge in [0.25, 0.3) is 5.91 Å². The van der Waals surface area contributed by atoms with E-state index in [1.807, 2.05) is 50.2 Å². The van der Waals surface area contributed by atoms with Gasteiger partial charge in [-0.2, -0.15) is 0 Å². The molecule has 1 heterocycles. The van der Waals surface area contributed by atoms with Gasteiger partial charge < -0.3 is 16.0 Å². The van der Waals surface area contributed by atoms with Crippen LogP contribution in [0.4, 0.5) is 11.4 Å². The number of amides is 2. The van der Waals surface area contributed by atoms with E-state index in [9.17, 15) is 9.59 Å². The molecule has 1 unspecified atom stereocenters. The summed E-state index contributed by atoms with van der Waals surface area (Å²) in [6.07, 6.45) is 0. The van der Waals surface area contributed by atoms with Gasteiger partial charge in [-0.3, -0.25) is 9.59 Å². The number of hydrogen-bond donors (Lipinski definition) is 3. The van der Waals surface area contributed by atoms with Crippen molar-refractivity contribution in [3.05, 3.63) is 59.7 Å². The van der Waals surface area contributed by atoms with Gasteiger partial charge in [-0.05, 0) is 55.8 Å². The van der Waals surface area contributed by atoms with Crippen LogP contribution in [0.3, 0.4) is 0 Å². The number of anilines is 2. The van der Waals surface area contributed by atoms with E-state index >= 15 is 0 Å². The predicted molar refractivity (Wildman–Crippen MR) is 99.7 cm³/mol. The molecule has 2 aromatic rings. The Hall–Kier alpha value is -2.66. The van der Waals surface area contributed by atoms with E-state index in [0.717, 1.165) is 24.3 Å². The second-order valence-electron chi connectivity index (χ2n) is 6.49. The molecule has 0 saturated carbocycles. The highest BCUT2D eigenvalue weighted by Gasteiger charge is 2.29. The fourth-order valence-electron chi connectivity index (χ4n) is 2.86. The minimum atomic E-state index is -0.184. The van der Waals surface area contributed by atoms with Gasteiger partial charge in [-0.25, -0.2) is 0 Å². The Morgan fingerprint density at radius 1 is 1.04 bits per heavy atom. The molecule has 2 aromatic carbocycles. The van der Waals surface area contributed by atoms with Gasteiger partial charge in [-0.1, -0.05) is 31.2 Å². The number of para-hydroxylation sites is 1. The van der Waals surface area contributed by atoms with Crippen molar-refractivity contribution >= 4 is 23.2 Å². The maximum atomic E-state index is 12.5. The van der Waals surface area contributed by atoms with E-state index < -0.39 is 0 Å². The maximum absolute atomic E-state index is 12.5. The van der Waals surface area contributed by atoms with Crippen LogP contribution in [0.2, 0.25) is 0 Å². The van der Waals surface area contributed by atoms with Gasteiger partial charge in [0.15, 0.2) is 0 Å². The first-order chi connectivity index (χ1) is 12.1. The molecule has 0 radical (unpaired) electrons. The number of benzene rings is 2. The fourth-order valence-corrected chi connectivity index (χ4v) is 2.86. The molecule has 5 heteroatoms. The highest BCUT2D eigenvalue weighted by Crippen LogP contribution is 2.23. The third kappa shape index (κ3) is 3.88. The summed E-state index contributed by atoms with van der Waals surface area (Å²) in [7, 11) is 0. The number of hydrogen-bond acceptors (Lipinski definition) is 3. The normalized spacial score (nSPS) is 15.1. The quantitative estimate of drug-likeness (QED) is 0.785. The van der Waals surface area contributed by atoms with E-state index in [-0.39, 0.29) is 17.7 Å². The number of rotatable bonds is 5. The first-order valence-electron chi connectivity index (χ1n) is 8.54. The average Bonchev–Trinajstić information content (AvgIpc) is 2.56. The topological polar surface area (TPSA) is 70.2 Å². The zero-order valence-electron chi connectivity index (χ0n) is 14.5. The van der Waals surface area contributed by atoms with Crippen molar-refractivity contribution in [2.45, 2.75) is 13.8 Å². The molecule has 0 aliphatic carbocycles. The van der Waals surface area contributed by atoms with Gasteiger partial charge in [0.1, 0.15) is 0 Å². The van der Waals surface area contributed by atoms with E-state index in [0.29, 0.717) is 17.2 Å². The van der Waals surface area contributed by atoms with Gasteiger partial charge >= 0.3 is 0 Å². The Labute approximate surface area is 147 Å². The molecule has 25 heavy (non-hydrogen) atoms. The summed E-state index contributed by atoms with van der Waals surface area (Å²) < 4.78 is 0. The SMILES string of the molecule is Cc1c(NC(=O)C(C)C2CNC2)cccc1C(=O)Nc1ccccc1. The van der Waals surface area contributed by atoms with Crippen LogP contribution in [0.1, 0.15) is 22.8 Å². The largest absolute Gasteiger partial charge is 0.326 e. The zero-order chi connectivity index (χ0) is 17.8. The van der Waals surface area contributed by atoms with Crippen molar-refractivity contribution in [3.63, 3.8) is 0 Å². The number of carbonyl (C=O) groups excluding carboxylic acids is 2. The molecule has 3 rings (SSSR count). The molecule has 0 spiro atoms. The van der Waals surface area contributed by atoms with Crippen molar-refractivity contribution < 1.29 is 9.59 Å². The first kappa shape index (κ1) is 17.2. The van der Waals surface area contributed by atoms with Crippen LogP contribution in [-0.4, -0.2) is 24.9 Å². The van der Waals surface area contributed by atoms with E-state index in [2.05, 4.69) is 16.0 Å². The van der Waals surface area contributed by atoms with Gasteiger partial charge in [-0.15, -0.1) is 0 Å². The Morgan fingerprint density at radius 3 is 2.40 bits per heavy atom. The summed E-state index contributed by atoms with van der Waals surface area (Å²) in [6.45, 7) is 5.56. The van der Waals surface area contributed by atoms with Crippen LogP contribution in [0.15, 0.2) is 48.5 Å². The molecule has 1 atom stereocenters. The monoisotopic (exact) mass is 337 g/mol. The highest BCUT2D eigenvalue weighted by atomic mass is 16.2. The summed E-state index contributed by atoms with van der Waals surface area (Å²) in [6, 6.07) is 14.7. The third-order valence-corrected chi connectivity index (χ3v) is 4.80. The molecule has 0 bridgehead atoms. The van der Waals surface area contributed by atoms with Gasteiger partial charge in [0.05, 0.1) is 0 Å². The molecule has 5 nitrogen and oxygen atoms in total. The van der Waals surface area contributed by atoms with Crippen LogP contribution in [-0.2, 0) is 4.79 Å². The van der Waals surface area contributed by atoms with E-state index in [1.54, 1.807) is 12.1 Å². The van der Waals surface area contributed by atoms with Crippen LogP contribution in [0.5, 0.6) is 0 Å². The molecule has 3 N–H and O–H groups in total.